The van der Waals surface area contributed by atoms with Crippen molar-refractivity contribution in [1.29, 1.82) is 0 Å². The van der Waals surface area contributed by atoms with Gasteiger partial charge in [0.15, 0.2) is 11.5 Å². The van der Waals surface area contributed by atoms with E-state index in [0.29, 0.717) is 17.6 Å². The lowest BCUT2D eigenvalue weighted by atomic mass is 10.1. The standard InChI is InChI=1S/C17H17F2NO3/c1-10(2)23-15-7-4-11(8-16(15)22-3)17(21)20-14-6-5-12(18)9-13(14)19/h4-10H,1-3H3,(H,20,21). The van der Waals surface area contributed by atoms with Gasteiger partial charge in [0.05, 0.1) is 18.9 Å². The molecule has 0 heterocycles. The summed E-state index contributed by atoms with van der Waals surface area (Å²) >= 11 is 0. The Labute approximate surface area is 133 Å². The van der Waals surface area contributed by atoms with Crippen LogP contribution in [-0.2, 0) is 0 Å². The summed E-state index contributed by atoms with van der Waals surface area (Å²) in [5, 5.41) is 2.39. The van der Waals surface area contributed by atoms with Crippen LogP contribution in [0.3, 0.4) is 0 Å². The molecule has 0 atom stereocenters. The number of hydrogen-bond acceptors (Lipinski definition) is 3. The van der Waals surface area contributed by atoms with Crippen molar-refractivity contribution in [2.75, 3.05) is 12.4 Å². The van der Waals surface area contributed by atoms with Crippen molar-refractivity contribution in [2.24, 2.45) is 0 Å². The average molecular weight is 321 g/mol. The minimum absolute atomic E-state index is 0.0445. The zero-order valence-electron chi connectivity index (χ0n) is 13.0. The highest BCUT2D eigenvalue weighted by Crippen LogP contribution is 2.29. The van der Waals surface area contributed by atoms with Gasteiger partial charge in [-0.15, -0.1) is 0 Å². The van der Waals surface area contributed by atoms with Crippen molar-refractivity contribution in [3.05, 3.63) is 53.6 Å². The van der Waals surface area contributed by atoms with E-state index in [1.165, 1.54) is 19.2 Å². The number of benzene rings is 2. The Kier molecular flexibility index (Phi) is 5.16. The smallest absolute Gasteiger partial charge is 0.255 e. The number of carbonyl (C=O) groups is 1. The summed E-state index contributed by atoms with van der Waals surface area (Å²) in [5.41, 5.74) is 0.166. The lowest BCUT2D eigenvalue weighted by molar-refractivity contribution is 0.102. The van der Waals surface area contributed by atoms with E-state index in [4.69, 9.17) is 9.47 Å². The molecule has 0 spiro atoms. The molecule has 2 rings (SSSR count). The minimum atomic E-state index is -0.843. The van der Waals surface area contributed by atoms with Crippen molar-refractivity contribution in [3.63, 3.8) is 0 Å². The molecule has 0 saturated carbocycles. The molecule has 2 aromatic carbocycles. The largest absolute Gasteiger partial charge is 0.493 e. The molecular formula is C17H17F2NO3. The summed E-state index contributed by atoms with van der Waals surface area (Å²) in [4.78, 5) is 12.2. The number of rotatable bonds is 5. The molecule has 0 aliphatic heterocycles. The molecule has 23 heavy (non-hydrogen) atoms. The highest BCUT2D eigenvalue weighted by molar-refractivity contribution is 6.04. The number of carbonyl (C=O) groups excluding carboxylic acids is 1. The van der Waals surface area contributed by atoms with E-state index in [0.717, 1.165) is 12.1 Å². The van der Waals surface area contributed by atoms with Gasteiger partial charge < -0.3 is 14.8 Å². The minimum Gasteiger partial charge on any atom is -0.493 e. The summed E-state index contributed by atoms with van der Waals surface area (Å²) in [6.45, 7) is 3.74. The highest BCUT2D eigenvalue weighted by atomic mass is 19.1. The third kappa shape index (κ3) is 4.18. The van der Waals surface area contributed by atoms with Gasteiger partial charge in [0.1, 0.15) is 11.6 Å². The van der Waals surface area contributed by atoms with Crippen LogP contribution in [0.5, 0.6) is 11.5 Å². The fourth-order valence-corrected chi connectivity index (χ4v) is 1.95. The Hall–Kier alpha value is -2.63. The van der Waals surface area contributed by atoms with E-state index in [2.05, 4.69) is 5.32 Å². The molecule has 0 fully saturated rings. The molecule has 122 valence electrons. The average Bonchev–Trinajstić information content (AvgIpc) is 2.49. The van der Waals surface area contributed by atoms with E-state index in [9.17, 15) is 13.6 Å². The van der Waals surface area contributed by atoms with Gasteiger partial charge in [-0.2, -0.15) is 0 Å². The number of nitrogens with one attached hydrogen (secondary N) is 1. The molecule has 0 aromatic heterocycles. The molecule has 1 N–H and O–H groups in total. The monoisotopic (exact) mass is 321 g/mol. The summed E-state index contributed by atoms with van der Waals surface area (Å²) in [6, 6.07) is 7.57. The zero-order chi connectivity index (χ0) is 17.0. The van der Waals surface area contributed by atoms with Gasteiger partial charge in [-0.05, 0) is 44.2 Å². The molecule has 1 amide bonds. The van der Waals surface area contributed by atoms with Crippen LogP contribution in [0.15, 0.2) is 36.4 Å². The number of hydrogen-bond donors (Lipinski definition) is 1. The van der Waals surface area contributed by atoms with Crippen molar-refractivity contribution in [1.82, 2.24) is 0 Å². The molecule has 2 aromatic rings. The molecule has 0 aliphatic carbocycles. The first kappa shape index (κ1) is 16.7. The SMILES string of the molecule is COc1cc(C(=O)Nc2ccc(F)cc2F)ccc1OC(C)C. The number of methoxy groups -OCH3 is 1. The maximum atomic E-state index is 13.6. The lowest BCUT2D eigenvalue weighted by Gasteiger charge is -2.14. The van der Waals surface area contributed by atoms with Crippen molar-refractivity contribution >= 4 is 11.6 Å². The maximum Gasteiger partial charge on any atom is 0.255 e. The first-order chi connectivity index (χ1) is 10.9. The van der Waals surface area contributed by atoms with Crippen LogP contribution < -0.4 is 14.8 Å². The molecule has 0 radical (unpaired) electrons. The fraction of sp³-hybridized carbons (Fsp3) is 0.235. The number of anilines is 1. The lowest BCUT2D eigenvalue weighted by Crippen LogP contribution is -2.14. The van der Waals surface area contributed by atoms with E-state index in [1.54, 1.807) is 6.07 Å². The molecule has 6 heteroatoms. The van der Waals surface area contributed by atoms with Crippen molar-refractivity contribution in [2.45, 2.75) is 20.0 Å². The predicted molar refractivity (Wildman–Crippen MR) is 83.1 cm³/mol. The van der Waals surface area contributed by atoms with Crippen LogP contribution in [0.1, 0.15) is 24.2 Å². The highest BCUT2D eigenvalue weighted by Gasteiger charge is 2.14. The van der Waals surface area contributed by atoms with Crippen LogP contribution in [0.4, 0.5) is 14.5 Å². The van der Waals surface area contributed by atoms with E-state index >= 15 is 0 Å². The summed E-state index contributed by atoms with van der Waals surface area (Å²) in [6.07, 6.45) is -0.0445. The first-order valence-electron chi connectivity index (χ1n) is 7.02. The Morgan fingerprint density at radius 2 is 1.83 bits per heavy atom. The molecule has 4 nitrogen and oxygen atoms in total. The molecule has 0 bridgehead atoms. The number of amides is 1. The van der Waals surface area contributed by atoms with Crippen LogP contribution in [0.25, 0.3) is 0 Å². The summed E-state index contributed by atoms with van der Waals surface area (Å²) in [7, 11) is 1.46. The Bertz CT molecular complexity index is 717. The molecule has 0 saturated heterocycles. The second-order valence-electron chi connectivity index (χ2n) is 5.11. The molecule has 0 unspecified atom stereocenters. The summed E-state index contributed by atoms with van der Waals surface area (Å²) < 4.78 is 37.2. The van der Waals surface area contributed by atoms with Crippen LogP contribution in [-0.4, -0.2) is 19.1 Å². The van der Waals surface area contributed by atoms with Gasteiger partial charge in [0, 0.05) is 11.6 Å². The third-order valence-electron chi connectivity index (χ3n) is 2.97. The van der Waals surface area contributed by atoms with E-state index in [-0.39, 0.29) is 17.4 Å². The van der Waals surface area contributed by atoms with Crippen molar-refractivity contribution < 1.29 is 23.0 Å². The number of halogens is 2. The van der Waals surface area contributed by atoms with Crippen LogP contribution >= 0.6 is 0 Å². The first-order valence-corrected chi connectivity index (χ1v) is 7.02. The van der Waals surface area contributed by atoms with Crippen LogP contribution in [0, 0.1) is 11.6 Å². The van der Waals surface area contributed by atoms with Gasteiger partial charge >= 0.3 is 0 Å². The van der Waals surface area contributed by atoms with E-state index in [1.807, 2.05) is 13.8 Å². The third-order valence-corrected chi connectivity index (χ3v) is 2.97. The van der Waals surface area contributed by atoms with Gasteiger partial charge in [0.2, 0.25) is 0 Å². The Morgan fingerprint density at radius 3 is 2.43 bits per heavy atom. The van der Waals surface area contributed by atoms with Gasteiger partial charge in [-0.1, -0.05) is 0 Å². The molecular weight excluding hydrogens is 304 g/mol. The van der Waals surface area contributed by atoms with E-state index < -0.39 is 17.5 Å². The normalized spacial score (nSPS) is 10.5. The quantitative estimate of drug-likeness (QED) is 0.905. The Balaban J connectivity index is 2.22. The predicted octanol–water partition coefficient (Wildman–Crippen LogP) is 4.01. The fourth-order valence-electron chi connectivity index (χ4n) is 1.95. The summed E-state index contributed by atoms with van der Waals surface area (Å²) in [5.74, 6) is -1.19. The van der Waals surface area contributed by atoms with Gasteiger partial charge in [-0.25, -0.2) is 8.78 Å². The Morgan fingerprint density at radius 1 is 1.09 bits per heavy atom. The molecule has 0 aliphatic rings. The topological polar surface area (TPSA) is 47.6 Å². The van der Waals surface area contributed by atoms with Crippen molar-refractivity contribution in [3.8, 4) is 11.5 Å². The van der Waals surface area contributed by atoms with Gasteiger partial charge in [-0.3, -0.25) is 4.79 Å². The second kappa shape index (κ2) is 7.09. The number of ether oxygens (including phenoxy) is 2. The second-order valence-corrected chi connectivity index (χ2v) is 5.11. The zero-order valence-corrected chi connectivity index (χ0v) is 13.0. The maximum absolute atomic E-state index is 13.6. The van der Waals surface area contributed by atoms with Gasteiger partial charge in [0.25, 0.3) is 5.91 Å². The van der Waals surface area contributed by atoms with Crippen LogP contribution in [0.2, 0.25) is 0 Å².